The Balaban J connectivity index is 1.90. The van der Waals surface area contributed by atoms with Crippen molar-refractivity contribution >= 4 is 38.5 Å². The van der Waals surface area contributed by atoms with Crippen LogP contribution < -0.4 is 21.1 Å². The fourth-order valence-corrected chi connectivity index (χ4v) is 5.06. The van der Waals surface area contributed by atoms with Gasteiger partial charge in [0.05, 0.1) is 44.5 Å². The van der Waals surface area contributed by atoms with E-state index in [1.54, 1.807) is 0 Å². The molecule has 0 aliphatic carbocycles. The molecule has 0 bridgehead atoms. The molecule has 1 aliphatic rings. The summed E-state index contributed by atoms with van der Waals surface area (Å²) in [7, 11) is -2.78. The molecule has 1 aliphatic heterocycles. The van der Waals surface area contributed by atoms with Gasteiger partial charge in [0.2, 0.25) is 27.7 Å². The number of primary amides is 1. The maximum atomic E-state index is 13.4. The van der Waals surface area contributed by atoms with Gasteiger partial charge in [-0.25, -0.2) is 8.42 Å². The molecule has 1 unspecified atom stereocenters. The highest BCUT2D eigenvalue weighted by atomic mass is 32.2. The van der Waals surface area contributed by atoms with Crippen LogP contribution in [0.2, 0.25) is 0 Å². The second-order valence-corrected chi connectivity index (χ2v) is 10.3. The lowest BCUT2D eigenvalue weighted by atomic mass is 9.80. The van der Waals surface area contributed by atoms with Gasteiger partial charge in [0.15, 0.2) is 0 Å². The van der Waals surface area contributed by atoms with Crippen molar-refractivity contribution in [2.45, 2.75) is 24.5 Å². The molecule has 2 atom stereocenters. The van der Waals surface area contributed by atoms with Gasteiger partial charge < -0.3 is 25.8 Å². The van der Waals surface area contributed by atoms with E-state index in [1.807, 2.05) is 42.5 Å². The molecule has 1 saturated heterocycles. The van der Waals surface area contributed by atoms with E-state index in [4.69, 9.17) is 15.2 Å². The Morgan fingerprint density at radius 1 is 1.17 bits per heavy atom. The maximum absolute atomic E-state index is 13.4. The van der Waals surface area contributed by atoms with Crippen LogP contribution in [0, 0.1) is 5.92 Å². The smallest absolute Gasteiger partial charge is 0.240 e. The van der Waals surface area contributed by atoms with Crippen molar-refractivity contribution in [2.24, 2.45) is 11.7 Å². The zero-order valence-corrected chi connectivity index (χ0v) is 20.4. The third kappa shape index (κ3) is 6.54. The largest absolute Gasteiger partial charge is 0.384 e. The SMILES string of the molecule is COC[C@@H](C(=O)NCc1cccc2ccccc12)C(CC(=O)NC1COC1)(NS(C)(=O)=O)C(N)=O. The standard InChI is InChI=1S/C23H30N4O7S/c1-33-14-19(21(29)25-11-16-8-5-7-15-6-3-4-9-18(15)16)23(22(24)30,27-35(2,31)32)10-20(28)26-17-12-34-13-17/h3-9,17,19,27H,10-14H2,1-2H3,(H2,24,30)(H,25,29)(H,26,28)/t19-,23?/m0/s1. The highest BCUT2D eigenvalue weighted by molar-refractivity contribution is 7.88. The van der Waals surface area contributed by atoms with Crippen LogP contribution in [0.25, 0.3) is 10.8 Å². The van der Waals surface area contributed by atoms with Crippen molar-refractivity contribution in [1.29, 1.82) is 0 Å². The minimum Gasteiger partial charge on any atom is -0.384 e. The first kappa shape index (κ1) is 26.5. The monoisotopic (exact) mass is 506 g/mol. The van der Waals surface area contributed by atoms with E-state index in [1.165, 1.54) is 7.11 Å². The number of rotatable bonds is 12. The van der Waals surface area contributed by atoms with Crippen LogP contribution in [-0.2, 0) is 40.4 Å². The molecule has 2 aromatic carbocycles. The van der Waals surface area contributed by atoms with Crippen LogP contribution in [0.15, 0.2) is 42.5 Å². The number of hydrogen-bond acceptors (Lipinski definition) is 7. The Morgan fingerprint density at radius 3 is 2.46 bits per heavy atom. The summed E-state index contributed by atoms with van der Waals surface area (Å²) in [5, 5.41) is 7.30. The van der Waals surface area contributed by atoms with E-state index in [0.29, 0.717) is 13.2 Å². The second-order valence-electron chi connectivity index (χ2n) is 8.55. The van der Waals surface area contributed by atoms with Gasteiger partial charge in [-0.2, -0.15) is 4.72 Å². The summed E-state index contributed by atoms with van der Waals surface area (Å²) in [6.45, 7) is 0.316. The van der Waals surface area contributed by atoms with E-state index in [9.17, 15) is 22.8 Å². The third-order valence-electron chi connectivity index (χ3n) is 5.83. The normalized spacial score (nSPS) is 16.6. The number of sulfonamides is 1. The molecule has 190 valence electrons. The number of nitrogens with one attached hydrogen (secondary N) is 3. The fraction of sp³-hybridized carbons (Fsp3) is 0.435. The van der Waals surface area contributed by atoms with Gasteiger partial charge >= 0.3 is 0 Å². The molecule has 3 rings (SSSR count). The second kappa shape index (κ2) is 11.1. The summed E-state index contributed by atoms with van der Waals surface area (Å²) in [5.74, 6) is -3.96. The molecule has 0 aromatic heterocycles. The van der Waals surface area contributed by atoms with Gasteiger partial charge in [-0.1, -0.05) is 42.5 Å². The molecule has 1 heterocycles. The van der Waals surface area contributed by atoms with Gasteiger partial charge in [0.25, 0.3) is 0 Å². The Bertz CT molecular complexity index is 1190. The Labute approximate surface area is 203 Å². The van der Waals surface area contributed by atoms with Gasteiger partial charge in [0, 0.05) is 13.7 Å². The molecule has 0 saturated carbocycles. The zero-order chi connectivity index (χ0) is 25.6. The van der Waals surface area contributed by atoms with Crippen LogP contribution in [0.5, 0.6) is 0 Å². The van der Waals surface area contributed by atoms with E-state index in [0.717, 1.165) is 22.6 Å². The molecule has 2 aromatic rings. The lowest BCUT2D eigenvalue weighted by Crippen LogP contribution is -2.67. The van der Waals surface area contributed by atoms with E-state index in [-0.39, 0.29) is 19.2 Å². The predicted molar refractivity (Wildman–Crippen MR) is 128 cm³/mol. The Kier molecular flexibility index (Phi) is 8.43. The van der Waals surface area contributed by atoms with Crippen LogP contribution in [-0.4, -0.2) is 70.9 Å². The molecular formula is C23H30N4O7S. The van der Waals surface area contributed by atoms with Crippen LogP contribution in [0.4, 0.5) is 0 Å². The van der Waals surface area contributed by atoms with Crippen molar-refractivity contribution in [3.05, 3.63) is 48.0 Å². The number of hydrogen-bond donors (Lipinski definition) is 4. The number of benzene rings is 2. The van der Waals surface area contributed by atoms with Gasteiger partial charge in [-0.15, -0.1) is 0 Å². The summed E-state index contributed by atoms with van der Waals surface area (Å²) >= 11 is 0. The number of carbonyl (C=O) groups excluding carboxylic acids is 3. The molecule has 0 radical (unpaired) electrons. The third-order valence-corrected chi connectivity index (χ3v) is 6.56. The topological polar surface area (TPSA) is 166 Å². The number of fused-ring (bicyclic) bond motifs is 1. The molecule has 12 heteroatoms. The number of methoxy groups -OCH3 is 1. The summed E-state index contributed by atoms with van der Waals surface area (Å²) in [4.78, 5) is 38.8. The van der Waals surface area contributed by atoms with E-state index >= 15 is 0 Å². The molecule has 5 N–H and O–H groups in total. The molecule has 0 spiro atoms. The molecule has 3 amide bonds. The molecular weight excluding hydrogens is 476 g/mol. The Morgan fingerprint density at radius 2 is 1.86 bits per heavy atom. The van der Waals surface area contributed by atoms with Crippen LogP contribution in [0.1, 0.15) is 12.0 Å². The first-order chi connectivity index (χ1) is 16.6. The minimum atomic E-state index is -4.08. The number of nitrogens with two attached hydrogens (primary N) is 1. The number of amides is 3. The van der Waals surface area contributed by atoms with Gasteiger partial charge in [0.1, 0.15) is 5.54 Å². The highest BCUT2D eigenvalue weighted by Crippen LogP contribution is 2.26. The van der Waals surface area contributed by atoms with Gasteiger partial charge in [-0.3, -0.25) is 14.4 Å². The summed E-state index contributed by atoms with van der Waals surface area (Å²) in [6.07, 6.45) is 0.127. The molecule has 35 heavy (non-hydrogen) atoms. The van der Waals surface area contributed by atoms with Crippen molar-refractivity contribution in [3.63, 3.8) is 0 Å². The Hall–Kier alpha value is -3.06. The quantitative estimate of drug-likeness (QED) is 0.298. The summed E-state index contributed by atoms with van der Waals surface area (Å²) in [5.41, 5.74) is 4.20. The van der Waals surface area contributed by atoms with Crippen molar-refractivity contribution in [3.8, 4) is 0 Å². The van der Waals surface area contributed by atoms with Crippen LogP contribution >= 0.6 is 0 Å². The summed E-state index contributed by atoms with van der Waals surface area (Å²) in [6, 6.07) is 13.0. The van der Waals surface area contributed by atoms with E-state index < -0.39 is 45.6 Å². The van der Waals surface area contributed by atoms with E-state index in [2.05, 4.69) is 15.4 Å². The maximum Gasteiger partial charge on any atom is 0.240 e. The fourth-order valence-electron chi connectivity index (χ4n) is 4.08. The molecule has 1 fully saturated rings. The zero-order valence-electron chi connectivity index (χ0n) is 19.6. The number of carbonyl (C=O) groups is 3. The van der Waals surface area contributed by atoms with Crippen molar-refractivity contribution < 1.29 is 32.3 Å². The lowest BCUT2D eigenvalue weighted by Gasteiger charge is -2.37. The first-order valence-corrected chi connectivity index (χ1v) is 12.8. The highest BCUT2D eigenvalue weighted by Gasteiger charge is 2.51. The molecule has 11 nitrogen and oxygen atoms in total. The van der Waals surface area contributed by atoms with Crippen LogP contribution in [0.3, 0.4) is 0 Å². The first-order valence-electron chi connectivity index (χ1n) is 10.9. The predicted octanol–water partition coefficient (Wildman–Crippen LogP) is -0.603. The average molecular weight is 507 g/mol. The van der Waals surface area contributed by atoms with Crippen molar-refractivity contribution in [2.75, 3.05) is 33.2 Å². The van der Waals surface area contributed by atoms with Crippen molar-refractivity contribution in [1.82, 2.24) is 15.4 Å². The lowest BCUT2D eigenvalue weighted by molar-refractivity contribution is -0.141. The van der Waals surface area contributed by atoms with Gasteiger partial charge in [-0.05, 0) is 16.3 Å². The summed E-state index contributed by atoms with van der Waals surface area (Å²) < 4.78 is 36.8. The number of ether oxygens (including phenoxy) is 2. The average Bonchev–Trinajstić information content (AvgIpc) is 2.76. The minimum absolute atomic E-state index is 0.0970.